The highest BCUT2D eigenvalue weighted by atomic mass is 32.1. The van der Waals surface area contributed by atoms with E-state index in [0.29, 0.717) is 19.6 Å². The van der Waals surface area contributed by atoms with E-state index in [-0.39, 0.29) is 11.7 Å². The Kier molecular flexibility index (Phi) is 4.94. The molecule has 7 heteroatoms. The van der Waals surface area contributed by atoms with E-state index in [1.54, 1.807) is 23.5 Å². The molecule has 5 nitrogen and oxygen atoms in total. The quantitative estimate of drug-likeness (QED) is 0.693. The standard InChI is InChI=1S/C20H21FN4OS/c1-23(20-22-17-4-2-3-5-18(17)27-20)14-19(26)25-12-10-24(11-13-25)16-8-6-15(21)7-9-16/h2-9H,10-14H2,1H3. The van der Waals surface area contributed by atoms with Crippen LogP contribution in [0.25, 0.3) is 10.2 Å². The number of fused-ring (bicyclic) bond motifs is 1. The number of carbonyl (C=O) groups excluding carboxylic acids is 1. The van der Waals surface area contributed by atoms with Gasteiger partial charge in [0.2, 0.25) is 5.91 Å². The van der Waals surface area contributed by atoms with Crippen LogP contribution >= 0.6 is 11.3 Å². The normalized spacial score (nSPS) is 14.6. The van der Waals surface area contributed by atoms with Crippen molar-refractivity contribution in [1.82, 2.24) is 9.88 Å². The number of amides is 1. The summed E-state index contributed by atoms with van der Waals surface area (Å²) >= 11 is 1.60. The van der Waals surface area contributed by atoms with E-state index in [0.717, 1.165) is 34.1 Å². The van der Waals surface area contributed by atoms with Crippen molar-refractivity contribution < 1.29 is 9.18 Å². The highest BCUT2D eigenvalue weighted by Crippen LogP contribution is 2.27. The summed E-state index contributed by atoms with van der Waals surface area (Å²) < 4.78 is 14.2. The third-order valence-electron chi connectivity index (χ3n) is 4.81. The molecule has 140 valence electrons. The molecule has 0 atom stereocenters. The molecule has 0 spiro atoms. The fourth-order valence-electron chi connectivity index (χ4n) is 3.26. The summed E-state index contributed by atoms with van der Waals surface area (Å²) in [6.45, 7) is 3.16. The molecular weight excluding hydrogens is 363 g/mol. The minimum atomic E-state index is -0.231. The minimum absolute atomic E-state index is 0.107. The number of carbonyl (C=O) groups is 1. The van der Waals surface area contributed by atoms with Crippen LogP contribution in [0.1, 0.15) is 0 Å². The maximum Gasteiger partial charge on any atom is 0.242 e. The number of hydrogen-bond donors (Lipinski definition) is 0. The SMILES string of the molecule is CN(CC(=O)N1CCN(c2ccc(F)cc2)CC1)c1nc2ccccc2s1. The molecule has 0 radical (unpaired) electrons. The number of para-hydroxylation sites is 1. The Labute approximate surface area is 161 Å². The molecular formula is C20H21FN4OS. The molecule has 0 unspecified atom stereocenters. The van der Waals surface area contributed by atoms with Gasteiger partial charge in [0.05, 0.1) is 16.8 Å². The van der Waals surface area contributed by atoms with Crippen molar-refractivity contribution in [2.75, 3.05) is 49.6 Å². The lowest BCUT2D eigenvalue weighted by Gasteiger charge is -2.36. The maximum absolute atomic E-state index is 13.1. The Morgan fingerprint density at radius 1 is 1.11 bits per heavy atom. The fourth-order valence-corrected chi connectivity index (χ4v) is 4.19. The second kappa shape index (κ2) is 7.52. The van der Waals surface area contributed by atoms with Crippen molar-refractivity contribution in [3.8, 4) is 0 Å². The molecule has 2 heterocycles. The number of thiazole rings is 1. The first-order chi connectivity index (χ1) is 13.1. The first-order valence-corrected chi connectivity index (χ1v) is 9.77. The minimum Gasteiger partial charge on any atom is -0.368 e. The zero-order valence-electron chi connectivity index (χ0n) is 15.1. The van der Waals surface area contributed by atoms with Gasteiger partial charge in [0, 0.05) is 38.9 Å². The van der Waals surface area contributed by atoms with E-state index in [2.05, 4.69) is 9.88 Å². The van der Waals surface area contributed by atoms with E-state index in [9.17, 15) is 9.18 Å². The van der Waals surface area contributed by atoms with Crippen LogP contribution in [-0.2, 0) is 4.79 Å². The van der Waals surface area contributed by atoms with Gasteiger partial charge in [-0.15, -0.1) is 0 Å². The summed E-state index contributed by atoms with van der Waals surface area (Å²) in [5.41, 5.74) is 1.96. The Morgan fingerprint density at radius 3 is 2.52 bits per heavy atom. The maximum atomic E-state index is 13.1. The first-order valence-electron chi connectivity index (χ1n) is 8.95. The molecule has 1 aliphatic rings. The summed E-state index contributed by atoms with van der Waals surface area (Å²) in [5.74, 6) is -0.124. The molecule has 1 aromatic heterocycles. The number of rotatable bonds is 4. The Hall–Kier alpha value is -2.67. The number of aromatic nitrogens is 1. The van der Waals surface area contributed by atoms with Crippen molar-refractivity contribution in [2.45, 2.75) is 0 Å². The molecule has 0 saturated carbocycles. The van der Waals surface area contributed by atoms with Crippen molar-refractivity contribution in [3.05, 3.63) is 54.3 Å². The van der Waals surface area contributed by atoms with Crippen LogP contribution in [0.2, 0.25) is 0 Å². The van der Waals surface area contributed by atoms with Crippen LogP contribution in [0, 0.1) is 5.82 Å². The van der Waals surface area contributed by atoms with Crippen molar-refractivity contribution >= 4 is 38.3 Å². The van der Waals surface area contributed by atoms with Crippen LogP contribution in [0.3, 0.4) is 0 Å². The number of hydrogen-bond acceptors (Lipinski definition) is 5. The highest BCUT2D eigenvalue weighted by Gasteiger charge is 2.23. The molecule has 0 N–H and O–H groups in total. The predicted molar refractivity (Wildman–Crippen MR) is 108 cm³/mol. The number of halogens is 1. The van der Waals surface area contributed by atoms with Crippen molar-refractivity contribution in [3.63, 3.8) is 0 Å². The third-order valence-corrected chi connectivity index (χ3v) is 5.96. The van der Waals surface area contributed by atoms with Gasteiger partial charge in [-0.25, -0.2) is 9.37 Å². The van der Waals surface area contributed by atoms with Gasteiger partial charge in [-0.3, -0.25) is 4.79 Å². The smallest absolute Gasteiger partial charge is 0.242 e. The molecule has 4 rings (SSSR count). The molecule has 0 aliphatic carbocycles. The van der Waals surface area contributed by atoms with Gasteiger partial charge in [-0.05, 0) is 36.4 Å². The summed E-state index contributed by atoms with van der Waals surface area (Å²) in [6, 6.07) is 14.5. The van der Waals surface area contributed by atoms with Gasteiger partial charge < -0.3 is 14.7 Å². The molecule has 27 heavy (non-hydrogen) atoms. The largest absolute Gasteiger partial charge is 0.368 e. The molecule has 1 fully saturated rings. The van der Waals surface area contributed by atoms with E-state index >= 15 is 0 Å². The lowest BCUT2D eigenvalue weighted by Crippen LogP contribution is -2.51. The van der Waals surface area contributed by atoms with E-state index in [1.165, 1.54) is 12.1 Å². The Balaban J connectivity index is 1.34. The van der Waals surface area contributed by atoms with Gasteiger partial charge in [0.25, 0.3) is 0 Å². The average Bonchev–Trinajstić information content (AvgIpc) is 3.13. The number of nitrogens with zero attached hydrogens (tertiary/aromatic N) is 4. The Bertz CT molecular complexity index is 902. The van der Waals surface area contributed by atoms with Crippen LogP contribution < -0.4 is 9.80 Å². The molecule has 1 aliphatic heterocycles. The number of likely N-dealkylation sites (N-methyl/N-ethyl adjacent to an activating group) is 1. The number of piperazine rings is 1. The third kappa shape index (κ3) is 3.88. The Morgan fingerprint density at radius 2 is 1.81 bits per heavy atom. The van der Waals surface area contributed by atoms with Gasteiger partial charge in [-0.1, -0.05) is 23.5 Å². The molecule has 0 bridgehead atoms. The van der Waals surface area contributed by atoms with Crippen LogP contribution in [-0.4, -0.2) is 55.6 Å². The van der Waals surface area contributed by atoms with Crippen molar-refractivity contribution in [1.29, 1.82) is 0 Å². The highest BCUT2D eigenvalue weighted by molar-refractivity contribution is 7.22. The second-order valence-corrected chi connectivity index (χ2v) is 7.67. The molecule has 3 aromatic rings. The summed E-state index contributed by atoms with van der Waals surface area (Å²) in [7, 11) is 1.91. The monoisotopic (exact) mass is 384 g/mol. The number of anilines is 2. The van der Waals surface area contributed by atoms with E-state index in [1.807, 2.05) is 41.1 Å². The lowest BCUT2D eigenvalue weighted by atomic mass is 10.2. The van der Waals surface area contributed by atoms with Gasteiger partial charge in [-0.2, -0.15) is 0 Å². The second-order valence-electron chi connectivity index (χ2n) is 6.66. The van der Waals surface area contributed by atoms with Crippen LogP contribution in [0.15, 0.2) is 48.5 Å². The van der Waals surface area contributed by atoms with Gasteiger partial charge in [0.1, 0.15) is 5.82 Å². The molecule has 2 aromatic carbocycles. The number of benzene rings is 2. The fraction of sp³-hybridized carbons (Fsp3) is 0.300. The zero-order valence-corrected chi connectivity index (χ0v) is 16.0. The predicted octanol–water partition coefficient (Wildman–Crippen LogP) is 3.22. The molecule has 1 amide bonds. The van der Waals surface area contributed by atoms with E-state index < -0.39 is 0 Å². The lowest BCUT2D eigenvalue weighted by molar-refractivity contribution is -0.129. The summed E-state index contributed by atoms with van der Waals surface area (Å²) in [4.78, 5) is 23.3. The first kappa shape index (κ1) is 17.7. The zero-order chi connectivity index (χ0) is 18.8. The summed E-state index contributed by atoms with van der Waals surface area (Å²) in [6.07, 6.45) is 0. The van der Waals surface area contributed by atoms with Crippen LogP contribution in [0.4, 0.5) is 15.2 Å². The van der Waals surface area contributed by atoms with Gasteiger partial charge in [0.15, 0.2) is 5.13 Å². The average molecular weight is 384 g/mol. The van der Waals surface area contributed by atoms with Crippen LogP contribution in [0.5, 0.6) is 0 Å². The van der Waals surface area contributed by atoms with Gasteiger partial charge >= 0.3 is 0 Å². The molecule has 1 saturated heterocycles. The summed E-state index contributed by atoms with van der Waals surface area (Å²) in [5, 5.41) is 0.856. The van der Waals surface area contributed by atoms with Crippen molar-refractivity contribution in [2.24, 2.45) is 0 Å². The topological polar surface area (TPSA) is 39.7 Å². The van der Waals surface area contributed by atoms with E-state index in [4.69, 9.17) is 0 Å².